The Morgan fingerprint density at radius 3 is 2.58 bits per heavy atom. The predicted molar refractivity (Wildman–Crippen MR) is 85.2 cm³/mol. The van der Waals surface area contributed by atoms with Crippen LogP contribution in [0.15, 0.2) is 36.4 Å². The molecule has 0 atom stereocenters. The van der Waals surface area contributed by atoms with Crippen LogP contribution in [0.4, 0.5) is 0 Å². The van der Waals surface area contributed by atoms with Gasteiger partial charge in [0.25, 0.3) is 0 Å². The Bertz CT molecular complexity index is 540. The maximum atomic E-state index is 5.87. The third kappa shape index (κ3) is 4.18. The molecule has 1 N–H and O–H groups in total. The van der Waals surface area contributed by atoms with Crippen molar-refractivity contribution < 1.29 is 4.74 Å². The van der Waals surface area contributed by atoms with Crippen molar-refractivity contribution in [1.82, 2.24) is 10.3 Å². The lowest BCUT2D eigenvalue weighted by molar-refractivity contribution is 0.300. The van der Waals surface area contributed by atoms with Gasteiger partial charge in [0.05, 0.1) is 5.69 Å². The third-order valence-electron chi connectivity index (χ3n) is 2.72. The Morgan fingerprint density at radius 2 is 1.89 bits per heavy atom. The van der Waals surface area contributed by atoms with E-state index in [2.05, 4.69) is 57.2 Å². The summed E-state index contributed by atoms with van der Waals surface area (Å²) < 4.78 is 7.10. The average Bonchev–Trinajstić information content (AvgIpc) is 2.40. The van der Waals surface area contributed by atoms with Crippen LogP contribution in [0.25, 0.3) is 0 Å². The molecule has 3 nitrogen and oxygen atoms in total. The SMILES string of the molecule is CNCc1nc(C)ccc1OCc1ccc(I)cc1. The molecule has 19 heavy (non-hydrogen) atoms. The van der Waals surface area contributed by atoms with Gasteiger partial charge in [0, 0.05) is 15.8 Å². The Morgan fingerprint density at radius 1 is 1.16 bits per heavy atom. The van der Waals surface area contributed by atoms with Gasteiger partial charge in [0.1, 0.15) is 12.4 Å². The van der Waals surface area contributed by atoms with E-state index in [1.807, 2.05) is 26.1 Å². The number of halogens is 1. The summed E-state index contributed by atoms with van der Waals surface area (Å²) in [7, 11) is 1.91. The number of rotatable bonds is 5. The Labute approximate surface area is 127 Å². The van der Waals surface area contributed by atoms with Crippen molar-refractivity contribution in [2.24, 2.45) is 0 Å². The molecule has 1 heterocycles. The van der Waals surface area contributed by atoms with E-state index in [1.165, 1.54) is 3.57 Å². The first-order valence-electron chi connectivity index (χ1n) is 6.17. The predicted octanol–water partition coefficient (Wildman–Crippen LogP) is 3.29. The lowest BCUT2D eigenvalue weighted by Crippen LogP contribution is -2.10. The minimum Gasteiger partial charge on any atom is -0.487 e. The van der Waals surface area contributed by atoms with Crippen LogP contribution < -0.4 is 10.1 Å². The molecule has 1 aromatic heterocycles. The van der Waals surface area contributed by atoms with Crippen molar-refractivity contribution in [1.29, 1.82) is 0 Å². The molecule has 0 spiro atoms. The molecule has 0 amide bonds. The first kappa shape index (κ1) is 14.3. The number of aromatic nitrogens is 1. The van der Waals surface area contributed by atoms with Gasteiger partial charge >= 0.3 is 0 Å². The van der Waals surface area contributed by atoms with Gasteiger partial charge in [-0.1, -0.05) is 12.1 Å². The molecule has 0 aliphatic heterocycles. The van der Waals surface area contributed by atoms with Gasteiger partial charge in [-0.2, -0.15) is 0 Å². The van der Waals surface area contributed by atoms with Crippen molar-refractivity contribution in [3.05, 3.63) is 56.9 Å². The van der Waals surface area contributed by atoms with Crippen LogP contribution in [0.1, 0.15) is 17.0 Å². The van der Waals surface area contributed by atoms with Crippen LogP contribution >= 0.6 is 22.6 Å². The number of aryl methyl sites for hydroxylation is 1. The van der Waals surface area contributed by atoms with Crippen LogP contribution in [-0.2, 0) is 13.2 Å². The first-order chi connectivity index (χ1) is 9.19. The van der Waals surface area contributed by atoms with E-state index in [0.717, 1.165) is 22.7 Å². The second kappa shape index (κ2) is 6.86. The fraction of sp³-hybridized carbons (Fsp3) is 0.267. The van der Waals surface area contributed by atoms with Gasteiger partial charge in [-0.3, -0.25) is 4.98 Å². The molecular weight excluding hydrogens is 351 g/mol. The third-order valence-corrected chi connectivity index (χ3v) is 3.44. The van der Waals surface area contributed by atoms with Crippen molar-refractivity contribution in [2.45, 2.75) is 20.1 Å². The summed E-state index contributed by atoms with van der Waals surface area (Å²) in [6.07, 6.45) is 0. The summed E-state index contributed by atoms with van der Waals surface area (Å²) in [6.45, 7) is 3.27. The molecule has 2 rings (SSSR count). The zero-order valence-corrected chi connectivity index (χ0v) is 13.3. The maximum Gasteiger partial charge on any atom is 0.142 e. The molecule has 2 aromatic rings. The highest BCUT2D eigenvalue weighted by Gasteiger charge is 2.05. The number of pyridine rings is 1. The fourth-order valence-corrected chi connectivity index (χ4v) is 2.12. The van der Waals surface area contributed by atoms with Crippen LogP contribution in [0.3, 0.4) is 0 Å². The summed E-state index contributed by atoms with van der Waals surface area (Å²) >= 11 is 2.30. The molecule has 0 fully saturated rings. The molecule has 1 aromatic carbocycles. The van der Waals surface area contributed by atoms with Crippen molar-refractivity contribution in [3.63, 3.8) is 0 Å². The summed E-state index contributed by atoms with van der Waals surface area (Å²) in [4.78, 5) is 4.50. The molecule has 4 heteroatoms. The zero-order chi connectivity index (χ0) is 13.7. The van der Waals surface area contributed by atoms with Crippen molar-refractivity contribution in [2.75, 3.05) is 7.05 Å². The Kier molecular flexibility index (Phi) is 5.15. The molecule has 0 aliphatic rings. The number of nitrogens with one attached hydrogen (secondary N) is 1. The van der Waals surface area contributed by atoms with E-state index in [-0.39, 0.29) is 0 Å². The van der Waals surface area contributed by atoms with Gasteiger partial charge in [-0.05, 0) is 66.4 Å². The number of hydrogen-bond donors (Lipinski definition) is 1. The van der Waals surface area contributed by atoms with Crippen LogP contribution in [0.5, 0.6) is 5.75 Å². The minimum absolute atomic E-state index is 0.568. The molecule has 0 radical (unpaired) electrons. The number of nitrogens with zero attached hydrogens (tertiary/aromatic N) is 1. The van der Waals surface area contributed by atoms with Gasteiger partial charge in [-0.25, -0.2) is 0 Å². The quantitative estimate of drug-likeness (QED) is 0.823. The van der Waals surface area contributed by atoms with E-state index >= 15 is 0 Å². The molecule has 100 valence electrons. The zero-order valence-electron chi connectivity index (χ0n) is 11.1. The fourth-order valence-electron chi connectivity index (χ4n) is 1.76. The molecule has 0 saturated carbocycles. The first-order valence-corrected chi connectivity index (χ1v) is 7.25. The monoisotopic (exact) mass is 368 g/mol. The second-order valence-electron chi connectivity index (χ2n) is 4.34. The average molecular weight is 368 g/mol. The lowest BCUT2D eigenvalue weighted by Gasteiger charge is -2.11. The van der Waals surface area contributed by atoms with E-state index in [4.69, 9.17) is 4.74 Å². The second-order valence-corrected chi connectivity index (χ2v) is 5.59. The number of ether oxygens (including phenoxy) is 1. The molecular formula is C15H17IN2O. The molecule has 0 bridgehead atoms. The number of benzene rings is 1. The normalized spacial score (nSPS) is 10.5. The minimum atomic E-state index is 0.568. The van der Waals surface area contributed by atoms with E-state index in [1.54, 1.807) is 0 Å². The largest absolute Gasteiger partial charge is 0.487 e. The van der Waals surface area contributed by atoms with Gasteiger partial charge in [-0.15, -0.1) is 0 Å². The number of hydrogen-bond acceptors (Lipinski definition) is 3. The van der Waals surface area contributed by atoms with Crippen molar-refractivity contribution in [3.8, 4) is 5.75 Å². The lowest BCUT2D eigenvalue weighted by atomic mass is 10.2. The van der Waals surface area contributed by atoms with Crippen LogP contribution in [0.2, 0.25) is 0 Å². The van der Waals surface area contributed by atoms with Crippen LogP contribution in [-0.4, -0.2) is 12.0 Å². The summed E-state index contributed by atoms with van der Waals surface area (Å²) in [5.74, 6) is 0.846. The summed E-state index contributed by atoms with van der Waals surface area (Å²) in [6, 6.07) is 12.3. The summed E-state index contributed by atoms with van der Waals surface area (Å²) in [5, 5.41) is 3.11. The smallest absolute Gasteiger partial charge is 0.142 e. The van der Waals surface area contributed by atoms with E-state index in [0.29, 0.717) is 13.2 Å². The standard InChI is InChI=1S/C15H17IN2O/c1-11-3-8-15(14(18-11)9-17-2)19-10-12-4-6-13(16)7-5-12/h3-8,17H,9-10H2,1-2H3. The highest BCUT2D eigenvalue weighted by atomic mass is 127. The Hall–Kier alpha value is -1.14. The van der Waals surface area contributed by atoms with Crippen LogP contribution in [0, 0.1) is 10.5 Å². The topological polar surface area (TPSA) is 34.2 Å². The maximum absolute atomic E-state index is 5.87. The highest BCUT2D eigenvalue weighted by molar-refractivity contribution is 14.1. The molecule has 0 aliphatic carbocycles. The Balaban J connectivity index is 2.08. The van der Waals surface area contributed by atoms with E-state index in [9.17, 15) is 0 Å². The van der Waals surface area contributed by atoms with Gasteiger partial charge in [0.15, 0.2) is 0 Å². The van der Waals surface area contributed by atoms with Crippen molar-refractivity contribution >= 4 is 22.6 Å². The highest BCUT2D eigenvalue weighted by Crippen LogP contribution is 2.18. The molecule has 0 unspecified atom stereocenters. The van der Waals surface area contributed by atoms with Gasteiger partial charge in [0.2, 0.25) is 0 Å². The molecule has 0 saturated heterocycles. The van der Waals surface area contributed by atoms with E-state index < -0.39 is 0 Å². The van der Waals surface area contributed by atoms with Gasteiger partial charge < -0.3 is 10.1 Å². The summed E-state index contributed by atoms with van der Waals surface area (Å²) in [5.41, 5.74) is 3.12.